The molecule has 1 N–H and O–H groups in total. The zero-order chi connectivity index (χ0) is 15.9. The van der Waals surface area contributed by atoms with Gasteiger partial charge in [0.15, 0.2) is 0 Å². The molecule has 120 valence electrons. The van der Waals surface area contributed by atoms with E-state index in [4.69, 9.17) is 0 Å². The van der Waals surface area contributed by atoms with Gasteiger partial charge >= 0.3 is 5.69 Å². The van der Waals surface area contributed by atoms with Crippen LogP contribution in [0.4, 0.5) is 5.69 Å². The first-order valence-corrected chi connectivity index (χ1v) is 8.07. The zero-order valence-electron chi connectivity index (χ0n) is 13.0. The van der Waals surface area contributed by atoms with Gasteiger partial charge in [0.2, 0.25) is 5.69 Å². The Hall–Kier alpha value is -1.92. The first kappa shape index (κ1) is 15.0. The molecular formula is C15H22N4O3. The lowest BCUT2D eigenvalue weighted by Gasteiger charge is -2.31. The van der Waals surface area contributed by atoms with Gasteiger partial charge in [-0.1, -0.05) is 26.7 Å². The first-order chi connectivity index (χ1) is 10.5. The second kappa shape index (κ2) is 5.70. The number of nitro groups is 1. The molecule has 0 aromatic carbocycles. The van der Waals surface area contributed by atoms with E-state index in [0.29, 0.717) is 30.5 Å². The van der Waals surface area contributed by atoms with E-state index < -0.39 is 4.92 Å². The van der Waals surface area contributed by atoms with E-state index >= 15 is 0 Å². The number of nitrogens with zero attached hydrogens (tertiary/aromatic N) is 3. The minimum absolute atomic E-state index is 0.0275. The average Bonchev–Trinajstić information content (AvgIpc) is 3.09. The van der Waals surface area contributed by atoms with Gasteiger partial charge < -0.3 is 4.90 Å². The van der Waals surface area contributed by atoms with Crippen LogP contribution in [0.25, 0.3) is 0 Å². The molecule has 3 atom stereocenters. The van der Waals surface area contributed by atoms with Crippen LogP contribution < -0.4 is 0 Å². The maximum absolute atomic E-state index is 12.8. The summed E-state index contributed by atoms with van der Waals surface area (Å²) in [5.74, 6) is 0.697. The van der Waals surface area contributed by atoms with Crippen molar-refractivity contribution in [3.05, 3.63) is 21.5 Å². The molecule has 7 nitrogen and oxygen atoms in total. The molecule has 0 bridgehead atoms. The lowest BCUT2D eigenvalue weighted by atomic mass is 9.80. The van der Waals surface area contributed by atoms with E-state index in [1.54, 1.807) is 0 Å². The molecule has 1 aliphatic carbocycles. The maximum Gasteiger partial charge on any atom is 0.322 e. The quantitative estimate of drug-likeness (QED) is 0.686. The number of H-pyrrole nitrogens is 1. The second-order valence-electron chi connectivity index (χ2n) is 6.46. The van der Waals surface area contributed by atoms with E-state index in [1.165, 1.54) is 6.42 Å². The Morgan fingerprint density at radius 1 is 1.45 bits per heavy atom. The molecule has 3 unspecified atom stereocenters. The molecule has 2 fully saturated rings. The molecule has 1 amide bonds. The highest BCUT2D eigenvalue weighted by Gasteiger charge is 2.45. The van der Waals surface area contributed by atoms with Crippen molar-refractivity contribution >= 4 is 11.6 Å². The Balaban J connectivity index is 1.91. The summed E-state index contributed by atoms with van der Waals surface area (Å²) in [6.45, 7) is 4.66. The molecule has 1 saturated heterocycles. The van der Waals surface area contributed by atoms with Gasteiger partial charge in [0.05, 0.1) is 4.92 Å². The SMILES string of the molecule is CCc1[nH]nc(C(=O)N2CC(C)C3CCCCC32)c1[N+](=O)[O-]. The number of amides is 1. The zero-order valence-corrected chi connectivity index (χ0v) is 13.0. The smallest absolute Gasteiger partial charge is 0.322 e. The second-order valence-corrected chi connectivity index (χ2v) is 6.46. The van der Waals surface area contributed by atoms with Crippen LogP contribution in [0.1, 0.15) is 55.7 Å². The summed E-state index contributed by atoms with van der Waals surface area (Å²) in [6, 6.07) is 0.220. The van der Waals surface area contributed by atoms with Crippen molar-refractivity contribution in [1.29, 1.82) is 0 Å². The standard InChI is InChI=1S/C15H22N4O3/c1-3-11-14(19(21)22)13(17-16-11)15(20)18-8-9(2)10-6-4-5-7-12(10)18/h9-10,12H,3-8H2,1-2H3,(H,16,17). The molecule has 3 rings (SSSR count). The van der Waals surface area contributed by atoms with Crippen molar-refractivity contribution in [3.8, 4) is 0 Å². The van der Waals surface area contributed by atoms with Crippen LogP contribution in [0, 0.1) is 22.0 Å². The normalized spacial score (nSPS) is 27.7. The van der Waals surface area contributed by atoms with Crippen molar-refractivity contribution < 1.29 is 9.72 Å². The Labute approximate surface area is 129 Å². The molecule has 1 aromatic heterocycles. The van der Waals surface area contributed by atoms with Gasteiger partial charge in [0.1, 0.15) is 5.69 Å². The number of aryl methyl sites for hydroxylation is 1. The van der Waals surface area contributed by atoms with Crippen molar-refractivity contribution in [2.24, 2.45) is 11.8 Å². The molecule has 1 saturated carbocycles. The third-order valence-corrected chi connectivity index (χ3v) is 5.21. The van der Waals surface area contributed by atoms with Gasteiger partial charge in [0, 0.05) is 12.6 Å². The lowest BCUT2D eigenvalue weighted by Crippen LogP contribution is -2.39. The highest BCUT2D eigenvalue weighted by molar-refractivity contribution is 5.97. The number of nitrogens with one attached hydrogen (secondary N) is 1. The highest BCUT2D eigenvalue weighted by atomic mass is 16.6. The van der Waals surface area contributed by atoms with Crippen molar-refractivity contribution in [3.63, 3.8) is 0 Å². The molecule has 22 heavy (non-hydrogen) atoms. The van der Waals surface area contributed by atoms with Crippen LogP contribution in [0.5, 0.6) is 0 Å². The van der Waals surface area contributed by atoms with Gasteiger partial charge in [-0.05, 0) is 31.1 Å². The Bertz CT molecular complexity index is 598. The fourth-order valence-electron chi connectivity index (χ4n) is 4.11. The van der Waals surface area contributed by atoms with Crippen LogP contribution in [-0.4, -0.2) is 38.5 Å². The summed E-state index contributed by atoms with van der Waals surface area (Å²) in [4.78, 5) is 25.5. The molecule has 1 aromatic rings. The van der Waals surface area contributed by atoms with Crippen molar-refractivity contribution in [1.82, 2.24) is 15.1 Å². The number of hydrogen-bond donors (Lipinski definition) is 1. The Kier molecular flexibility index (Phi) is 3.88. The largest absolute Gasteiger partial charge is 0.333 e. The van der Waals surface area contributed by atoms with Gasteiger partial charge in [0.25, 0.3) is 5.91 Å². The molecule has 2 heterocycles. The number of carbonyl (C=O) groups is 1. The van der Waals surface area contributed by atoms with Gasteiger partial charge in [-0.2, -0.15) is 5.10 Å². The topological polar surface area (TPSA) is 92.1 Å². The number of aromatic amines is 1. The van der Waals surface area contributed by atoms with Gasteiger partial charge in [-0.25, -0.2) is 0 Å². The predicted octanol–water partition coefficient (Wildman–Crippen LogP) is 2.53. The average molecular weight is 306 g/mol. The summed E-state index contributed by atoms with van der Waals surface area (Å²) in [5, 5.41) is 17.9. The fourth-order valence-corrected chi connectivity index (χ4v) is 4.11. The summed E-state index contributed by atoms with van der Waals surface area (Å²) < 4.78 is 0. The van der Waals surface area contributed by atoms with Crippen LogP contribution in [0.15, 0.2) is 0 Å². The molecular weight excluding hydrogens is 284 g/mol. The van der Waals surface area contributed by atoms with E-state index in [1.807, 2.05) is 11.8 Å². The minimum Gasteiger partial charge on any atom is -0.333 e. The monoisotopic (exact) mass is 306 g/mol. The Morgan fingerprint density at radius 3 is 2.86 bits per heavy atom. The molecule has 0 radical (unpaired) electrons. The molecule has 0 spiro atoms. The predicted molar refractivity (Wildman–Crippen MR) is 80.6 cm³/mol. The summed E-state index contributed by atoms with van der Waals surface area (Å²) >= 11 is 0. The number of hydrogen-bond acceptors (Lipinski definition) is 4. The first-order valence-electron chi connectivity index (χ1n) is 8.07. The van der Waals surface area contributed by atoms with E-state index in [9.17, 15) is 14.9 Å². The lowest BCUT2D eigenvalue weighted by molar-refractivity contribution is -0.385. The summed E-state index contributed by atoms with van der Waals surface area (Å²) in [6.07, 6.45) is 4.95. The van der Waals surface area contributed by atoms with E-state index in [2.05, 4.69) is 17.1 Å². The fraction of sp³-hybridized carbons (Fsp3) is 0.733. The third-order valence-electron chi connectivity index (χ3n) is 5.21. The van der Waals surface area contributed by atoms with Crippen LogP contribution in [0.2, 0.25) is 0 Å². The number of likely N-dealkylation sites (tertiary alicyclic amines) is 1. The van der Waals surface area contributed by atoms with E-state index in [-0.39, 0.29) is 23.3 Å². The summed E-state index contributed by atoms with van der Waals surface area (Å²) in [7, 11) is 0. The summed E-state index contributed by atoms with van der Waals surface area (Å²) in [5.41, 5.74) is 0.237. The van der Waals surface area contributed by atoms with Crippen LogP contribution in [-0.2, 0) is 6.42 Å². The highest BCUT2D eigenvalue weighted by Crippen LogP contribution is 2.40. The Morgan fingerprint density at radius 2 is 2.18 bits per heavy atom. The molecule has 7 heteroatoms. The van der Waals surface area contributed by atoms with Crippen LogP contribution in [0.3, 0.4) is 0 Å². The maximum atomic E-state index is 12.8. The van der Waals surface area contributed by atoms with Crippen molar-refractivity contribution in [2.45, 2.75) is 52.0 Å². The third kappa shape index (κ3) is 2.28. The number of fused-ring (bicyclic) bond motifs is 1. The molecule has 2 aliphatic rings. The number of carbonyl (C=O) groups excluding carboxylic acids is 1. The number of aromatic nitrogens is 2. The number of rotatable bonds is 3. The van der Waals surface area contributed by atoms with Crippen LogP contribution >= 0.6 is 0 Å². The minimum atomic E-state index is -0.493. The van der Waals surface area contributed by atoms with Crippen molar-refractivity contribution in [2.75, 3.05) is 6.54 Å². The van der Waals surface area contributed by atoms with Gasteiger partial charge in [-0.15, -0.1) is 0 Å². The van der Waals surface area contributed by atoms with Gasteiger partial charge in [-0.3, -0.25) is 20.0 Å². The molecule has 1 aliphatic heterocycles. The van der Waals surface area contributed by atoms with E-state index in [0.717, 1.165) is 19.3 Å².